The van der Waals surface area contributed by atoms with E-state index in [0.29, 0.717) is 18.9 Å². The predicted octanol–water partition coefficient (Wildman–Crippen LogP) is 1.95. The van der Waals surface area contributed by atoms with Crippen LogP contribution in [-0.2, 0) is 20.6 Å². The summed E-state index contributed by atoms with van der Waals surface area (Å²) < 4.78 is 15.1. The average Bonchev–Trinajstić information content (AvgIpc) is 3.00. The third-order valence-corrected chi connectivity index (χ3v) is 4.47. The second-order valence-electron chi connectivity index (χ2n) is 6.08. The molecule has 0 bridgehead atoms. The summed E-state index contributed by atoms with van der Waals surface area (Å²) in [6.07, 6.45) is 0.947. The number of aromatic nitrogens is 4. The molecule has 9 heteroatoms. The minimum atomic E-state index is -0.449. The molecule has 0 aliphatic rings. The Bertz CT molecular complexity index is 1070. The lowest BCUT2D eigenvalue weighted by atomic mass is 10.3. The van der Waals surface area contributed by atoms with Gasteiger partial charge in [-0.05, 0) is 42.3 Å². The van der Waals surface area contributed by atoms with Crippen LogP contribution in [0.15, 0.2) is 33.9 Å². The number of fused-ring (bicyclic) bond motifs is 1. The summed E-state index contributed by atoms with van der Waals surface area (Å²) >= 11 is 6.18. The van der Waals surface area contributed by atoms with E-state index in [-0.39, 0.29) is 23.1 Å². The van der Waals surface area contributed by atoms with E-state index < -0.39 is 11.2 Å². The first-order valence-corrected chi connectivity index (χ1v) is 8.99. The molecular formula is C18H21ClN4O4. The van der Waals surface area contributed by atoms with Gasteiger partial charge in [-0.15, -0.1) is 0 Å². The van der Waals surface area contributed by atoms with Gasteiger partial charge in [-0.1, -0.05) is 6.92 Å². The number of ether oxygens (including phenoxy) is 2. The van der Waals surface area contributed by atoms with E-state index in [1.165, 1.54) is 11.6 Å². The van der Waals surface area contributed by atoms with Crippen LogP contribution < -0.4 is 20.7 Å². The molecule has 0 atom stereocenters. The first-order chi connectivity index (χ1) is 12.9. The Balaban J connectivity index is 1.77. The molecule has 0 saturated heterocycles. The van der Waals surface area contributed by atoms with Crippen molar-refractivity contribution >= 4 is 22.8 Å². The van der Waals surface area contributed by atoms with E-state index in [1.807, 2.05) is 31.2 Å². The van der Waals surface area contributed by atoms with Gasteiger partial charge in [-0.3, -0.25) is 13.9 Å². The minimum Gasteiger partial charge on any atom is -0.494 e. The van der Waals surface area contributed by atoms with Crippen LogP contribution in [0.4, 0.5) is 0 Å². The van der Waals surface area contributed by atoms with Gasteiger partial charge in [-0.2, -0.15) is 4.98 Å². The lowest BCUT2D eigenvalue weighted by Crippen LogP contribution is -2.37. The number of hydrogen-bond donors (Lipinski definition) is 0. The van der Waals surface area contributed by atoms with E-state index in [9.17, 15) is 9.59 Å². The number of benzene rings is 1. The smallest absolute Gasteiger partial charge is 0.332 e. The van der Waals surface area contributed by atoms with Crippen LogP contribution in [0.1, 0.15) is 13.3 Å². The zero-order valence-electron chi connectivity index (χ0n) is 15.4. The fourth-order valence-corrected chi connectivity index (χ4v) is 2.98. The molecule has 2 aromatic heterocycles. The van der Waals surface area contributed by atoms with Crippen LogP contribution in [0.5, 0.6) is 11.5 Å². The Morgan fingerprint density at radius 1 is 1.00 bits per heavy atom. The fourth-order valence-electron chi connectivity index (χ4n) is 2.73. The van der Waals surface area contributed by atoms with E-state index >= 15 is 0 Å². The van der Waals surface area contributed by atoms with E-state index in [4.69, 9.17) is 21.1 Å². The third kappa shape index (κ3) is 3.71. The van der Waals surface area contributed by atoms with E-state index in [2.05, 4.69) is 4.98 Å². The monoisotopic (exact) mass is 392 g/mol. The Morgan fingerprint density at radius 2 is 1.59 bits per heavy atom. The average molecular weight is 393 g/mol. The normalized spacial score (nSPS) is 11.1. The summed E-state index contributed by atoms with van der Waals surface area (Å²) in [6, 6.07) is 7.33. The molecule has 3 aromatic rings. The molecule has 0 radical (unpaired) electrons. The molecule has 0 amide bonds. The van der Waals surface area contributed by atoms with Crippen molar-refractivity contribution < 1.29 is 9.47 Å². The first kappa shape index (κ1) is 19.0. The van der Waals surface area contributed by atoms with Gasteiger partial charge in [-0.25, -0.2) is 4.79 Å². The Labute approximate surface area is 160 Å². The molecule has 3 rings (SSSR count). The van der Waals surface area contributed by atoms with Crippen LogP contribution in [0.25, 0.3) is 11.2 Å². The van der Waals surface area contributed by atoms with Gasteiger partial charge in [0, 0.05) is 14.1 Å². The minimum absolute atomic E-state index is 0.134. The van der Waals surface area contributed by atoms with Gasteiger partial charge in [0.05, 0.1) is 13.2 Å². The predicted molar refractivity (Wildman–Crippen MR) is 103 cm³/mol. The number of nitrogens with zero attached hydrogens (tertiary/aromatic N) is 4. The topological polar surface area (TPSA) is 80.3 Å². The molecule has 2 heterocycles. The molecule has 0 saturated carbocycles. The maximum absolute atomic E-state index is 12.5. The summed E-state index contributed by atoms with van der Waals surface area (Å²) in [7, 11) is 2.98. The molecule has 8 nitrogen and oxygen atoms in total. The molecule has 0 unspecified atom stereocenters. The van der Waals surface area contributed by atoms with Crippen molar-refractivity contribution in [1.29, 1.82) is 0 Å². The number of hydrogen-bond acceptors (Lipinski definition) is 5. The largest absolute Gasteiger partial charge is 0.494 e. The zero-order chi connectivity index (χ0) is 19.6. The number of rotatable bonds is 7. The van der Waals surface area contributed by atoms with Crippen LogP contribution in [-0.4, -0.2) is 31.9 Å². The van der Waals surface area contributed by atoms with Crippen LogP contribution in [0.3, 0.4) is 0 Å². The van der Waals surface area contributed by atoms with Crippen LogP contribution in [0.2, 0.25) is 5.28 Å². The number of aryl methyl sites for hydroxylation is 1. The van der Waals surface area contributed by atoms with Crippen molar-refractivity contribution in [2.24, 2.45) is 14.1 Å². The van der Waals surface area contributed by atoms with Gasteiger partial charge < -0.3 is 14.0 Å². The summed E-state index contributed by atoms with van der Waals surface area (Å²) in [6.45, 7) is 3.32. The molecular weight excluding hydrogens is 372 g/mol. The molecule has 27 heavy (non-hydrogen) atoms. The number of halogens is 1. The Hall–Kier alpha value is -2.74. The van der Waals surface area contributed by atoms with E-state index in [1.54, 1.807) is 11.6 Å². The van der Waals surface area contributed by atoms with Gasteiger partial charge in [0.15, 0.2) is 11.2 Å². The zero-order valence-corrected chi connectivity index (χ0v) is 16.2. The van der Waals surface area contributed by atoms with Crippen molar-refractivity contribution in [1.82, 2.24) is 18.7 Å². The van der Waals surface area contributed by atoms with Crippen molar-refractivity contribution in [2.75, 3.05) is 13.2 Å². The van der Waals surface area contributed by atoms with Crippen molar-refractivity contribution in [3.63, 3.8) is 0 Å². The Kier molecular flexibility index (Phi) is 5.55. The highest BCUT2D eigenvalue weighted by Crippen LogP contribution is 2.19. The summed E-state index contributed by atoms with van der Waals surface area (Å²) in [5.74, 6) is 1.47. The second kappa shape index (κ2) is 7.87. The van der Waals surface area contributed by atoms with Crippen LogP contribution in [0, 0.1) is 0 Å². The molecule has 144 valence electrons. The molecule has 0 fully saturated rings. The molecule has 0 spiro atoms. The Morgan fingerprint density at radius 3 is 2.19 bits per heavy atom. The number of imidazole rings is 1. The SMILES string of the molecule is CCCOc1ccc(OCCn2c(Cl)nc3c2c(=O)n(C)c(=O)n3C)cc1. The maximum atomic E-state index is 12.5. The summed E-state index contributed by atoms with van der Waals surface area (Å²) in [5, 5.41) is 0.134. The van der Waals surface area contributed by atoms with Crippen molar-refractivity contribution in [3.05, 3.63) is 50.4 Å². The van der Waals surface area contributed by atoms with Gasteiger partial charge in [0.2, 0.25) is 5.28 Å². The molecule has 0 N–H and O–H groups in total. The summed E-state index contributed by atoms with van der Waals surface area (Å²) in [4.78, 5) is 28.6. The van der Waals surface area contributed by atoms with Gasteiger partial charge >= 0.3 is 5.69 Å². The highest BCUT2D eigenvalue weighted by atomic mass is 35.5. The van der Waals surface area contributed by atoms with Gasteiger partial charge in [0.25, 0.3) is 5.56 Å². The highest BCUT2D eigenvalue weighted by Gasteiger charge is 2.17. The standard InChI is InChI=1S/C18H21ClN4O4/c1-4-10-26-12-5-7-13(8-6-12)27-11-9-23-14-15(20-17(23)19)21(2)18(25)22(3)16(14)24/h5-8H,4,9-11H2,1-3H3. The van der Waals surface area contributed by atoms with Crippen molar-refractivity contribution in [2.45, 2.75) is 19.9 Å². The van der Waals surface area contributed by atoms with Gasteiger partial charge in [0.1, 0.15) is 18.1 Å². The molecule has 0 aliphatic heterocycles. The second-order valence-corrected chi connectivity index (χ2v) is 6.42. The maximum Gasteiger partial charge on any atom is 0.332 e. The first-order valence-electron chi connectivity index (χ1n) is 8.61. The highest BCUT2D eigenvalue weighted by molar-refractivity contribution is 6.29. The third-order valence-electron chi connectivity index (χ3n) is 4.18. The summed E-state index contributed by atoms with van der Waals surface area (Å²) in [5.41, 5.74) is -0.359. The fraction of sp³-hybridized carbons (Fsp3) is 0.389. The molecule has 0 aliphatic carbocycles. The lowest BCUT2D eigenvalue weighted by Gasteiger charge is -2.10. The van der Waals surface area contributed by atoms with Crippen LogP contribution >= 0.6 is 11.6 Å². The quantitative estimate of drug-likeness (QED) is 0.574. The lowest BCUT2D eigenvalue weighted by molar-refractivity contribution is 0.296. The van der Waals surface area contributed by atoms with E-state index in [0.717, 1.165) is 16.7 Å². The molecule has 1 aromatic carbocycles. The van der Waals surface area contributed by atoms with Crippen molar-refractivity contribution in [3.8, 4) is 11.5 Å².